The SMILES string of the molecule is COc1ccc(CCNC(=O)NCC(C)(O)c2ccco2)cc1. The lowest BCUT2D eigenvalue weighted by Gasteiger charge is -2.21. The average Bonchev–Trinajstić information content (AvgIpc) is 3.09. The van der Waals surface area contributed by atoms with Crippen molar-refractivity contribution in [2.75, 3.05) is 20.2 Å². The molecule has 6 nitrogen and oxygen atoms in total. The predicted molar refractivity (Wildman–Crippen MR) is 86.4 cm³/mol. The number of amides is 2. The quantitative estimate of drug-likeness (QED) is 0.729. The molecule has 0 saturated carbocycles. The molecule has 2 aromatic rings. The Hall–Kier alpha value is -2.47. The molecule has 1 atom stereocenters. The van der Waals surface area contributed by atoms with Crippen molar-refractivity contribution < 1.29 is 19.1 Å². The van der Waals surface area contributed by atoms with Gasteiger partial charge in [-0.15, -0.1) is 0 Å². The number of methoxy groups -OCH3 is 1. The predicted octanol–water partition coefficient (Wildman–Crippen LogP) is 2.04. The lowest BCUT2D eigenvalue weighted by molar-refractivity contribution is 0.0367. The van der Waals surface area contributed by atoms with Gasteiger partial charge in [-0.3, -0.25) is 0 Å². The van der Waals surface area contributed by atoms with Crippen LogP contribution in [0, 0.1) is 0 Å². The van der Waals surface area contributed by atoms with E-state index in [1.165, 1.54) is 6.26 Å². The van der Waals surface area contributed by atoms with Crippen molar-refractivity contribution in [1.29, 1.82) is 0 Å². The van der Waals surface area contributed by atoms with Crippen LogP contribution in [0.1, 0.15) is 18.2 Å². The molecule has 0 aliphatic rings. The van der Waals surface area contributed by atoms with Crippen molar-refractivity contribution in [3.63, 3.8) is 0 Å². The van der Waals surface area contributed by atoms with Crippen molar-refractivity contribution in [2.45, 2.75) is 18.9 Å². The molecule has 2 amide bonds. The van der Waals surface area contributed by atoms with E-state index < -0.39 is 5.60 Å². The number of nitrogens with one attached hydrogen (secondary N) is 2. The van der Waals surface area contributed by atoms with Crippen molar-refractivity contribution in [1.82, 2.24) is 10.6 Å². The molecular weight excluding hydrogens is 296 g/mol. The molecule has 1 aromatic carbocycles. The molecule has 3 N–H and O–H groups in total. The number of hydrogen-bond donors (Lipinski definition) is 3. The summed E-state index contributed by atoms with van der Waals surface area (Å²) in [5.74, 6) is 1.22. The molecule has 0 bridgehead atoms. The van der Waals surface area contributed by atoms with Gasteiger partial charge < -0.3 is 24.9 Å². The highest BCUT2D eigenvalue weighted by Crippen LogP contribution is 2.19. The third kappa shape index (κ3) is 5.03. The second-order valence-corrected chi connectivity index (χ2v) is 5.46. The molecular formula is C17H22N2O4. The number of urea groups is 1. The van der Waals surface area contributed by atoms with Crippen LogP contribution in [0.4, 0.5) is 4.79 Å². The van der Waals surface area contributed by atoms with Gasteiger partial charge in [-0.05, 0) is 43.2 Å². The van der Waals surface area contributed by atoms with Crippen molar-refractivity contribution in [3.05, 3.63) is 54.0 Å². The molecule has 0 fully saturated rings. The van der Waals surface area contributed by atoms with E-state index in [9.17, 15) is 9.90 Å². The van der Waals surface area contributed by atoms with Gasteiger partial charge in [-0.1, -0.05) is 12.1 Å². The van der Waals surface area contributed by atoms with Crippen molar-refractivity contribution in [3.8, 4) is 5.75 Å². The molecule has 1 aromatic heterocycles. The van der Waals surface area contributed by atoms with Gasteiger partial charge in [0.25, 0.3) is 0 Å². The van der Waals surface area contributed by atoms with E-state index in [0.717, 1.165) is 11.3 Å². The number of aliphatic hydroxyl groups is 1. The van der Waals surface area contributed by atoms with Crippen LogP contribution in [-0.4, -0.2) is 31.3 Å². The van der Waals surface area contributed by atoms with E-state index in [0.29, 0.717) is 18.7 Å². The standard InChI is InChI=1S/C17H22N2O4/c1-17(21,15-4-3-11-23-15)12-19-16(20)18-10-9-13-5-7-14(22-2)8-6-13/h3-8,11,21H,9-10,12H2,1-2H3,(H2,18,19,20). The van der Waals surface area contributed by atoms with Gasteiger partial charge in [0.1, 0.15) is 17.1 Å². The molecule has 2 rings (SSSR count). The largest absolute Gasteiger partial charge is 0.497 e. The van der Waals surface area contributed by atoms with Gasteiger partial charge in [-0.25, -0.2) is 4.79 Å². The maximum atomic E-state index is 11.8. The van der Waals surface area contributed by atoms with Gasteiger partial charge >= 0.3 is 6.03 Å². The Bertz CT molecular complexity index is 606. The summed E-state index contributed by atoms with van der Waals surface area (Å²) < 4.78 is 10.3. The smallest absolute Gasteiger partial charge is 0.314 e. The molecule has 0 saturated heterocycles. The van der Waals surface area contributed by atoms with Crippen molar-refractivity contribution >= 4 is 6.03 Å². The average molecular weight is 318 g/mol. The molecule has 0 aliphatic carbocycles. The molecule has 0 radical (unpaired) electrons. The van der Waals surface area contributed by atoms with Crippen LogP contribution >= 0.6 is 0 Å². The van der Waals surface area contributed by atoms with Crippen LogP contribution in [-0.2, 0) is 12.0 Å². The number of rotatable bonds is 7. The van der Waals surface area contributed by atoms with Crippen molar-refractivity contribution in [2.24, 2.45) is 0 Å². The van der Waals surface area contributed by atoms with Crippen LogP contribution < -0.4 is 15.4 Å². The summed E-state index contributed by atoms with van der Waals surface area (Å²) in [5, 5.41) is 15.6. The Morgan fingerprint density at radius 2 is 2.00 bits per heavy atom. The van der Waals surface area contributed by atoms with E-state index in [-0.39, 0.29) is 12.6 Å². The first-order valence-corrected chi connectivity index (χ1v) is 7.42. The molecule has 1 heterocycles. The second kappa shape index (κ2) is 7.69. The highest BCUT2D eigenvalue weighted by atomic mass is 16.5. The van der Waals surface area contributed by atoms with Crippen LogP contribution in [0.25, 0.3) is 0 Å². The summed E-state index contributed by atoms with van der Waals surface area (Å²) in [4.78, 5) is 11.8. The first kappa shape index (κ1) is 16.9. The van der Waals surface area contributed by atoms with E-state index >= 15 is 0 Å². The summed E-state index contributed by atoms with van der Waals surface area (Å²) in [5.41, 5.74) is -0.134. The zero-order chi connectivity index (χ0) is 16.7. The number of carbonyl (C=O) groups excluding carboxylic acids is 1. The molecule has 1 unspecified atom stereocenters. The number of carbonyl (C=O) groups is 1. The Morgan fingerprint density at radius 1 is 1.26 bits per heavy atom. The minimum absolute atomic E-state index is 0.0644. The Kier molecular flexibility index (Phi) is 5.65. The summed E-state index contributed by atoms with van der Waals surface area (Å²) in [6, 6.07) is 10.7. The fourth-order valence-corrected chi connectivity index (χ4v) is 2.10. The van der Waals surface area contributed by atoms with Gasteiger partial charge in [0.2, 0.25) is 0 Å². The summed E-state index contributed by atoms with van der Waals surface area (Å²) in [7, 11) is 1.62. The van der Waals surface area contributed by atoms with E-state index in [1.807, 2.05) is 24.3 Å². The third-order valence-corrected chi connectivity index (χ3v) is 3.50. The normalized spacial score (nSPS) is 13.2. The molecule has 124 valence electrons. The summed E-state index contributed by atoms with van der Waals surface area (Å²) in [6.45, 7) is 2.15. The second-order valence-electron chi connectivity index (χ2n) is 5.46. The van der Waals surface area contributed by atoms with Gasteiger partial charge in [0.15, 0.2) is 0 Å². The Morgan fingerprint density at radius 3 is 2.61 bits per heavy atom. The van der Waals surface area contributed by atoms with Crippen LogP contribution in [0.2, 0.25) is 0 Å². The molecule has 0 aliphatic heterocycles. The lowest BCUT2D eigenvalue weighted by atomic mass is 10.0. The fourth-order valence-electron chi connectivity index (χ4n) is 2.10. The lowest BCUT2D eigenvalue weighted by Crippen LogP contribution is -2.43. The van der Waals surface area contributed by atoms with Crippen LogP contribution in [0.15, 0.2) is 47.1 Å². The maximum Gasteiger partial charge on any atom is 0.314 e. The van der Waals surface area contributed by atoms with Gasteiger partial charge in [0, 0.05) is 6.54 Å². The molecule has 23 heavy (non-hydrogen) atoms. The van der Waals surface area contributed by atoms with Crippen LogP contribution in [0.5, 0.6) is 5.75 Å². The summed E-state index contributed by atoms with van der Waals surface area (Å²) >= 11 is 0. The number of furan rings is 1. The number of ether oxygens (including phenoxy) is 1. The van der Waals surface area contributed by atoms with E-state index in [1.54, 1.807) is 26.2 Å². The topological polar surface area (TPSA) is 83.7 Å². The zero-order valence-electron chi connectivity index (χ0n) is 13.3. The number of benzene rings is 1. The Balaban J connectivity index is 1.70. The minimum Gasteiger partial charge on any atom is -0.497 e. The van der Waals surface area contributed by atoms with Gasteiger partial charge in [-0.2, -0.15) is 0 Å². The third-order valence-electron chi connectivity index (χ3n) is 3.50. The zero-order valence-corrected chi connectivity index (χ0v) is 13.3. The highest BCUT2D eigenvalue weighted by molar-refractivity contribution is 5.73. The maximum absolute atomic E-state index is 11.8. The minimum atomic E-state index is -1.24. The Labute approximate surface area is 135 Å². The van der Waals surface area contributed by atoms with Gasteiger partial charge in [0.05, 0.1) is 19.9 Å². The molecule has 6 heteroatoms. The van der Waals surface area contributed by atoms with E-state index in [4.69, 9.17) is 9.15 Å². The van der Waals surface area contributed by atoms with E-state index in [2.05, 4.69) is 10.6 Å². The summed E-state index contributed by atoms with van der Waals surface area (Å²) in [6.07, 6.45) is 2.20. The monoisotopic (exact) mass is 318 g/mol. The van der Waals surface area contributed by atoms with Crippen LogP contribution in [0.3, 0.4) is 0 Å². The first-order valence-electron chi connectivity index (χ1n) is 7.42. The highest BCUT2D eigenvalue weighted by Gasteiger charge is 2.26. The number of hydrogen-bond acceptors (Lipinski definition) is 4. The fraction of sp³-hybridized carbons (Fsp3) is 0.353. The molecule has 0 spiro atoms. The first-order chi connectivity index (χ1) is 11.0.